The molecule has 0 saturated carbocycles. The van der Waals surface area contributed by atoms with E-state index in [1.54, 1.807) is 12.1 Å². The molecule has 6 N–H and O–H groups in total. The van der Waals surface area contributed by atoms with E-state index in [1.165, 1.54) is 36.4 Å². The van der Waals surface area contributed by atoms with E-state index in [4.69, 9.17) is 9.47 Å². The molecule has 5 atom stereocenters. The Kier molecular flexibility index (Phi) is 6.70. The molecule has 1 heterocycles. The predicted molar refractivity (Wildman–Crippen MR) is 104 cm³/mol. The smallest absolute Gasteiger partial charge is 0.229 e. The minimum atomic E-state index is -1.67. The summed E-state index contributed by atoms with van der Waals surface area (Å²) in [6, 6.07) is 9.91. The van der Waals surface area contributed by atoms with Crippen LogP contribution < -0.4 is 4.74 Å². The van der Waals surface area contributed by atoms with Crippen LogP contribution in [-0.2, 0) is 4.74 Å². The van der Waals surface area contributed by atoms with E-state index in [0.29, 0.717) is 5.56 Å². The Morgan fingerprint density at radius 2 is 1.63 bits per heavy atom. The molecule has 9 nitrogen and oxygen atoms in total. The number of aromatic hydroxyl groups is 2. The number of phenols is 2. The number of rotatable bonds is 6. The number of aliphatic hydroxyl groups excluding tert-OH is 4. The van der Waals surface area contributed by atoms with Gasteiger partial charge in [0.1, 0.15) is 41.7 Å². The van der Waals surface area contributed by atoms with E-state index in [-0.39, 0.29) is 22.8 Å². The summed E-state index contributed by atoms with van der Waals surface area (Å²) >= 11 is 0. The Hall–Kier alpha value is -2.95. The summed E-state index contributed by atoms with van der Waals surface area (Å²) in [5.41, 5.74) is 0.705. The van der Waals surface area contributed by atoms with Gasteiger partial charge in [-0.2, -0.15) is 0 Å². The Morgan fingerprint density at radius 3 is 2.30 bits per heavy atom. The third-order valence-corrected chi connectivity index (χ3v) is 4.64. The first-order chi connectivity index (χ1) is 14.3. The van der Waals surface area contributed by atoms with Crippen molar-refractivity contribution in [2.45, 2.75) is 30.7 Å². The second-order valence-electron chi connectivity index (χ2n) is 6.78. The molecule has 1 saturated heterocycles. The standard InChI is InChI=1S/C21H22O9/c22-10-17-18(26)19(27)20(28)21(30-17)29-16-9-13(24)6-7-14(16)15(25)8-3-11-1-4-12(23)5-2-11/h1-9,17-24,26-28H,10H2/b8-3+/t17-,18+,19-,20-,21+/m1/s1. The molecule has 0 unspecified atom stereocenters. The quantitative estimate of drug-likeness (QED) is 0.284. The van der Waals surface area contributed by atoms with E-state index in [1.807, 2.05) is 0 Å². The monoisotopic (exact) mass is 418 g/mol. The maximum Gasteiger partial charge on any atom is 0.229 e. The zero-order chi connectivity index (χ0) is 21.8. The largest absolute Gasteiger partial charge is 0.508 e. The fourth-order valence-electron chi connectivity index (χ4n) is 2.95. The lowest BCUT2D eigenvalue weighted by molar-refractivity contribution is -0.277. The second-order valence-corrected chi connectivity index (χ2v) is 6.78. The maximum atomic E-state index is 12.6. The molecular weight excluding hydrogens is 396 g/mol. The normalized spacial score (nSPS) is 26.6. The molecule has 9 heteroatoms. The molecule has 0 bridgehead atoms. The average molecular weight is 418 g/mol. The highest BCUT2D eigenvalue weighted by Crippen LogP contribution is 2.30. The van der Waals surface area contributed by atoms with Gasteiger partial charge in [-0.1, -0.05) is 18.2 Å². The van der Waals surface area contributed by atoms with Crippen LogP contribution in [0.4, 0.5) is 0 Å². The molecule has 0 radical (unpaired) electrons. The van der Waals surface area contributed by atoms with Crippen molar-refractivity contribution in [1.29, 1.82) is 0 Å². The first-order valence-corrected chi connectivity index (χ1v) is 9.12. The lowest BCUT2D eigenvalue weighted by Crippen LogP contribution is -2.60. The Labute approximate surface area is 171 Å². The zero-order valence-corrected chi connectivity index (χ0v) is 15.7. The lowest BCUT2D eigenvalue weighted by Gasteiger charge is -2.39. The number of ketones is 1. The van der Waals surface area contributed by atoms with E-state index in [2.05, 4.69) is 0 Å². The van der Waals surface area contributed by atoms with Crippen molar-refractivity contribution in [2.24, 2.45) is 0 Å². The van der Waals surface area contributed by atoms with Gasteiger partial charge in [-0.15, -0.1) is 0 Å². The van der Waals surface area contributed by atoms with Crippen LogP contribution >= 0.6 is 0 Å². The molecule has 0 amide bonds. The number of hydrogen-bond acceptors (Lipinski definition) is 9. The number of carbonyl (C=O) groups is 1. The van der Waals surface area contributed by atoms with Gasteiger partial charge < -0.3 is 40.1 Å². The number of phenolic OH excluding ortho intramolecular Hbond substituents is 2. The first kappa shape index (κ1) is 21.8. The molecule has 1 aliphatic heterocycles. The van der Waals surface area contributed by atoms with E-state index >= 15 is 0 Å². The summed E-state index contributed by atoms with van der Waals surface area (Å²) in [5, 5.41) is 58.2. The Balaban J connectivity index is 1.82. The summed E-state index contributed by atoms with van der Waals surface area (Å²) in [5.74, 6) is -0.733. The van der Waals surface area contributed by atoms with Crippen LogP contribution in [0.2, 0.25) is 0 Å². The number of hydrogen-bond donors (Lipinski definition) is 6. The van der Waals surface area contributed by atoms with Gasteiger partial charge in [0.25, 0.3) is 0 Å². The molecule has 2 aromatic carbocycles. The zero-order valence-electron chi connectivity index (χ0n) is 15.7. The number of carbonyl (C=O) groups excluding carboxylic acids is 1. The SMILES string of the molecule is O=C(/C=C/c1ccc(O)cc1)c1ccc(O)cc1O[C@H]1O[C@H](CO)[C@H](O)[C@@H](O)[C@H]1O. The fraction of sp³-hybridized carbons (Fsp3) is 0.286. The van der Waals surface area contributed by atoms with E-state index in [9.17, 15) is 35.4 Å². The van der Waals surface area contributed by atoms with Gasteiger partial charge in [0, 0.05) is 6.07 Å². The summed E-state index contributed by atoms with van der Waals surface area (Å²) in [7, 11) is 0. The van der Waals surface area contributed by atoms with Crippen LogP contribution in [0.1, 0.15) is 15.9 Å². The van der Waals surface area contributed by atoms with Crippen molar-refractivity contribution in [3.63, 3.8) is 0 Å². The molecule has 3 rings (SSSR count). The molecule has 0 aromatic heterocycles. The van der Waals surface area contributed by atoms with Crippen molar-refractivity contribution in [1.82, 2.24) is 0 Å². The van der Waals surface area contributed by atoms with Crippen LogP contribution in [0, 0.1) is 0 Å². The molecular formula is C21H22O9. The van der Waals surface area contributed by atoms with Gasteiger partial charge in [0.15, 0.2) is 5.78 Å². The van der Waals surface area contributed by atoms with Gasteiger partial charge >= 0.3 is 0 Å². The molecule has 1 aliphatic rings. The topological polar surface area (TPSA) is 157 Å². The number of allylic oxidation sites excluding steroid dienone is 1. The van der Waals surface area contributed by atoms with Crippen molar-refractivity contribution in [3.8, 4) is 17.2 Å². The third-order valence-electron chi connectivity index (χ3n) is 4.64. The van der Waals surface area contributed by atoms with Gasteiger partial charge in [-0.05, 0) is 35.9 Å². The highest BCUT2D eigenvalue weighted by molar-refractivity contribution is 6.08. The molecule has 2 aromatic rings. The van der Waals surface area contributed by atoms with Crippen LogP contribution in [0.25, 0.3) is 6.08 Å². The molecule has 0 aliphatic carbocycles. The van der Waals surface area contributed by atoms with Crippen LogP contribution in [-0.4, -0.2) is 73.7 Å². The van der Waals surface area contributed by atoms with Gasteiger partial charge in [-0.3, -0.25) is 4.79 Å². The number of aliphatic hydroxyl groups is 4. The fourth-order valence-corrected chi connectivity index (χ4v) is 2.95. The molecule has 30 heavy (non-hydrogen) atoms. The summed E-state index contributed by atoms with van der Waals surface area (Å²) in [4.78, 5) is 12.6. The maximum absolute atomic E-state index is 12.6. The number of ether oxygens (including phenoxy) is 2. The lowest BCUT2D eigenvalue weighted by atomic mass is 9.99. The van der Waals surface area contributed by atoms with Crippen molar-refractivity contribution < 1.29 is 44.9 Å². The summed E-state index contributed by atoms with van der Waals surface area (Å²) in [6.07, 6.45) is -4.77. The first-order valence-electron chi connectivity index (χ1n) is 9.12. The predicted octanol–water partition coefficient (Wildman–Crippen LogP) is 0.173. The molecule has 160 valence electrons. The van der Waals surface area contributed by atoms with Crippen molar-refractivity contribution >= 4 is 11.9 Å². The van der Waals surface area contributed by atoms with Crippen LogP contribution in [0.3, 0.4) is 0 Å². The highest BCUT2D eigenvalue weighted by atomic mass is 16.7. The van der Waals surface area contributed by atoms with Crippen molar-refractivity contribution in [3.05, 3.63) is 59.7 Å². The van der Waals surface area contributed by atoms with E-state index < -0.39 is 43.1 Å². The van der Waals surface area contributed by atoms with Gasteiger partial charge in [-0.25, -0.2) is 0 Å². The minimum absolute atomic E-state index is 0.0415. The second kappa shape index (κ2) is 9.24. The average Bonchev–Trinajstić information content (AvgIpc) is 2.73. The Morgan fingerprint density at radius 1 is 0.967 bits per heavy atom. The molecule has 0 spiro atoms. The van der Waals surface area contributed by atoms with Gasteiger partial charge in [0.2, 0.25) is 6.29 Å². The summed E-state index contributed by atoms with van der Waals surface area (Å²) < 4.78 is 10.8. The third kappa shape index (κ3) is 4.78. The highest BCUT2D eigenvalue weighted by Gasteiger charge is 2.45. The number of benzene rings is 2. The van der Waals surface area contributed by atoms with Crippen LogP contribution in [0.5, 0.6) is 17.2 Å². The van der Waals surface area contributed by atoms with E-state index in [0.717, 1.165) is 6.07 Å². The minimum Gasteiger partial charge on any atom is -0.508 e. The van der Waals surface area contributed by atoms with Gasteiger partial charge in [0.05, 0.1) is 12.2 Å². The van der Waals surface area contributed by atoms with Crippen LogP contribution in [0.15, 0.2) is 48.5 Å². The summed E-state index contributed by atoms with van der Waals surface area (Å²) in [6.45, 7) is -0.633. The Bertz CT molecular complexity index is 907. The molecule has 1 fully saturated rings. The van der Waals surface area contributed by atoms with Crippen molar-refractivity contribution in [2.75, 3.05) is 6.61 Å².